The van der Waals surface area contributed by atoms with Gasteiger partial charge in [-0.1, -0.05) is 48.5 Å². The average Bonchev–Trinajstić information content (AvgIpc) is 2.98. The molecule has 120 valence electrons. The number of hydrogen-bond donors (Lipinski definition) is 0. The maximum Gasteiger partial charge on any atom is 0.314 e. The first-order valence-electron chi connectivity index (χ1n) is 7.58. The van der Waals surface area contributed by atoms with Gasteiger partial charge in [0.25, 0.3) is 0 Å². The van der Waals surface area contributed by atoms with Gasteiger partial charge in [-0.25, -0.2) is 9.34 Å². The highest BCUT2D eigenvalue weighted by Crippen LogP contribution is 2.53. The minimum Gasteiger partial charge on any atom is -0.273 e. The third-order valence-electron chi connectivity index (χ3n) is 4.10. The van der Waals surface area contributed by atoms with Crippen LogP contribution in [-0.4, -0.2) is 41.9 Å². The van der Waals surface area contributed by atoms with Crippen molar-refractivity contribution in [2.24, 2.45) is 0 Å². The van der Waals surface area contributed by atoms with Crippen LogP contribution in [0.2, 0.25) is 0 Å². The Hall–Kier alpha value is -1.87. The van der Waals surface area contributed by atoms with Crippen molar-refractivity contribution in [2.75, 3.05) is 28.2 Å². The van der Waals surface area contributed by atoms with Crippen molar-refractivity contribution in [1.29, 1.82) is 0 Å². The summed E-state index contributed by atoms with van der Waals surface area (Å²) in [4.78, 5) is 0. The molecule has 0 amide bonds. The number of aromatic nitrogens is 1. The monoisotopic (exact) mass is 327 g/mol. The first-order chi connectivity index (χ1) is 11.0. The van der Waals surface area contributed by atoms with Crippen molar-refractivity contribution in [3.8, 4) is 11.1 Å². The van der Waals surface area contributed by atoms with E-state index in [-0.39, 0.29) is 0 Å². The van der Waals surface area contributed by atoms with Crippen LogP contribution in [0.3, 0.4) is 0 Å². The molecule has 1 aromatic heterocycles. The Balaban J connectivity index is 2.35. The van der Waals surface area contributed by atoms with Gasteiger partial charge >= 0.3 is 7.59 Å². The summed E-state index contributed by atoms with van der Waals surface area (Å²) in [5.74, 6) is 0. The summed E-state index contributed by atoms with van der Waals surface area (Å²) in [6, 6.07) is 18.5. The summed E-state index contributed by atoms with van der Waals surface area (Å²) in [5.41, 5.74) is 3.23. The van der Waals surface area contributed by atoms with Crippen LogP contribution in [0.5, 0.6) is 0 Å². The van der Waals surface area contributed by atoms with Crippen molar-refractivity contribution < 1.29 is 4.57 Å². The fourth-order valence-corrected chi connectivity index (χ4v) is 5.20. The zero-order chi connectivity index (χ0) is 16.6. The molecule has 1 heterocycles. The predicted molar refractivity (Wildman–Crippen MR) is 97.8 cm³/mol. The quantitative estimate of drug-likeness (QED) is 0.666. The van der Waals surface area contributed by atoms with Crippen LogP contribution in [0.4, 0.5) is 0 Å². The first-order valence-corrected chi connectivity index (χ1v) is 9.15. The molecule has 0 radical (unpaired) electrons. The standard InChI is InChI=1S/C18H22N3OP/c1-19(2)23(22,20(3)4)21-14-13-16-11-8-12-17(18(16)21)15-9-6-5-7-10-15/h5-14H,1-4H3. The molecule has 4 nitrogen and oxygen atoms in total. The predicted octanol–water partition coefficient (Wildman–Crippen LogP) is 4.39. The zero-order valence-electron chi connectivity index (χ0n) is 14.0. The molecular weight excluding hydrogens is 305 g/mol. The van der Waals surface area contributed by atoms with Gasteiger partial charge in [-0.2, -0.15) is 0 Å². The second kappa shape index (κ2) is 5.97. The summed E-state index contributed by atoms with van der Waals surface area (Å²) in [5, 5.41) is 1.09. The van der Waals surface area contributed by atoms with E-state index in [4.69, 9.17) is 0 Å². The maximum atomic E-state index is 13.7. The van der Waals surface area contributed by atoms with Gasteiger partial charge in [0, 0.05) is 17.1 Å². The minimum atomic E-state index is -2.88. The van der Waals surface area contributed by atoms with E-state index in [9.17, 15) is 4.57 Å². The molecule has 0 saturated heterocycles. The SMILES string of the molecule is CN(C)P(=O)(N(C)C)n1ccc2cccc(-c3ccccc3)c21. The summed E-state index contributed by atoms with van der Waals surface area (Å²) in [6.45, 7) is 0. The molecule has 0 atom stereocenters. The molecule has 3 aromatic rings. The number of rotatable bonds is 4. The van der Waals surface area contributed by atoms with Crippen molar-refractivity contribution in [1.82, 2.24) is 13.7 Å². The summed E-state index contributed by atoms with van der Waals surface area (Å²) < 4.78 is 19.2. The van der Waals surface area contributed by atoms with Crippen molar-refractivity contribution in [2.45, 2.75) is 0 Å². The lowest BCUT2D eigenvalue weighted by Crippen LogP contribution is -2.25. The highest BCUT2D eigenvalue weighted by Gasteiger charge is 2.32. The second-order valence-corrected chi connectivity index (χ2v) is 9.03. The molecule has 3 rings (SSSR count). The Labute approximate surface area is 137 Å². The van der Waals surface area contributed by atoms with Crippen molar-refractivity contribution in [3.63, 3.8) is 0 Å². The van der Waals surface area contributed by atoms with Crippen LogP contribution in [0.25, 0.3) is 22.0 Å². The highest BCUT2D eigenvalue weighted by molar-refractivity contribution is 7.57. The molecule has 0 aliphatic heterocycles. The lowest BCUT2D eigenvalue weighted by Gasteiger charge is -2.32. The van der Waals surface area contributed by atoms with Gasteiger partial charge in [-0.05, 0) is 39.8 Å². The van der Waals surface area contributed by atoms with Gasteiger partial charge in [0.05, 0.1) is 5.52 Å². The van der Waals surface area contributed by atoms with E-state index in [2.05, 4.69) is 24.3 Å². The Morgan fingerprint density at radius 3 is 2.09 bits per heavy atom. The largest absolute Gasteiger partial charge is 0.314 e. The van der Waals surface area contributed by atoms with Crippen LogP contribution in [0, 0.1) is 0 Å². The number of hydrogen-bond acceptors (Lipinski definition) is 1. The topological polar surface area (TPSA) is 28.5 Å². The van der Waals surface area contributed by atoms with Crippen LogP contribution >= 0.6 is 7.59 Å². The van der Waals surface area contributed by atoms with E-state index >= 15 is 0 Å². The van der Waals surface area contributed by atoms with E-state index in [0.29, 0.717) is 0 Å². The molecular formula is C18H22N3OP. The lowest BCUT2D eigenvalue weighted by molar-refractivity contribution is 0.439. The maximum absolute atomic E-state index is 13.7. The molecule has 0 saturated carbocycles. The second-order valence-electron chi connectivity index (χ2n) is 5.98. The Bertz CT molecular complexity index is 856. The van der Waals surface area contributed by atoms with Crippen LogP contribution in [0.1, 0.15) is 0 Å². The summed E-state index contributed by atoms with van der Waals surface area (Å²) in [7, 11) is 4.56. The molecule has 0 fully saturated rings. The third kappa shape index (κ3) is 2.53. The fourth-order valence-electron chi connectivity index (χ4n) is 2.99. The summed E-state index contributed by atoms with van der Waals surface area (Å²) >= 11 is 0. The van der Waals surface area contributed by atoms with E-state index in [1.807, 2.05) is 69.1 Å². The van der Waals surface area contributed by atoms with E-state index in [1.54, 1.807) is 9.34 Å². The normalized spacial score (nSPS) is 12.4. The van der Waals surface area contributed by atoms with E-state index in [0.717, 1.165) is 22.0 Å². The van der Waals surface area contributed by atoms with E-state index < -0.39 is 7.59 Å². The molecule has 2 aromatic carbocycles. The van der Waals surface area contributed by atoms with Gasteiger partial charge in [0.2, 0.25) is 0 Å². The Morgan fingerprint density at radius 2 is 1.48 bits per heavy atom. The van der Waals surface area contributed by atoms with Gasteiger partial charge in [0.15, 0.2) is 0 Å². The molecule has 23 heavy (non-hydrogen) atoms. The number of para-hydroxylation sites is 1. The van der Waals surface area contributed by atoms with Gasteiger partial charge in [-0.3, -0.25) is 8.90 Å². The van der Waals surface area contributed by atoms with Crippen LogP contribution < -0.4 is 0 Å². The molecule has 5 heteroatoms. The fraction of sp³-hybridized carbons (Fsp3) is 0.222. The van der Waals surface area contributed by atoms with Crippen LogP contribution in [0.15, 0.2) is 60.8 Å². The molecule has 0 aliphatic carbocycles. The van der Waals surface area contributed by atoms with Gasteiger partial charge in [0.1, 0.15) is 0 Å². The Morgan fingerprint density at radius 1 is 0.826 bits per heavy atom. The first kappa shape index (κ1) is 16.0. The van der Waals surface area contributed by atoms with Gasteiger partial charge in [-0.15, -0.1) is 0 Å². The lowest BCUT2D eigenvalue weighted by atomic mass is 10.0. The van der Waals surface area contributed by atoms with Crippen LogP contribution in [-0.2, 0) is 4.57 Å². The third-order valence-corrected chi connectivity index (χ3v) is 7.08. The smallest absolute Gasteiger partial charge is 0.273 e. The zero-order valence-corrected chi connectivity index (χ0v) is 14.9. The minimum absolute atomic E-state index is 1.00. The molecule has 0 unspecified atom stereocenters. The highest BCUT2D eigenvalue weighted by atomic mass is 31.2. The molecule has 0 spiro atoms. The average molecular weight is 327 g/mol. The Kier molecular flexibility index (Phi) is 4.15. The number of benzene rings is 2. The summed E-state index contributed by atoms with van der Waals surface area (Å²) in [6.07, 6.45) is 1.93. The van der Waals surface area contributed by atoms with E-state index in [1.165, 1.54) is 0 Å². The van der Waals surface area contributed by atoms with Crippen molar-refractivity contribution in [3.05, 3.63) is 60.8 Å². The number of nitrogens with zero attached hydrogens (tertiary/aromatic N) is 3. The molecule has 0 bridgehead atoms. The van der Waals surface area contributed by atoms with Crippen molar-refractivity contribution >= 4 is 18.5 Å². The number of fused-ring (bicyclic) bond motifs is 1. The molecule has 0 N–H and O–H groups in total. The molecule has 0 aliphatic rings. The van der Waals surface area contributed by atoms with Gasteiger partial charge < -0.3 is 0 Å².